The third-order valence-electron chi connectivity index (χ3n) is 12.3. The fourth-order valence-corrected chi connectivity index (χ4v) is 9.36. The first-order chi connectivity index (χ1) is 28.1. The zero-order valence-electron chi connectivity index (χ0n) is 32.3. The second-order valence-corrected chi connectivity index (χ2v) is 16.0. The van der Waals surface area contributed by atoms with Crippen LogP contribution in [0, 0.1) is 5.92 Å². The Balaban J connectivity index is 1.10. The molecule has 11 rings (SSSR count). The minimum atomic E-state index is 0.407. The predicted molar refractivity (Wildman–Crippen MR) is 243 cm³/mol. The van der Waals surface area contributed by atoms with Crippen LogP contribution in [0.2, 0.25) is 0 Å². The lowest BCUT2D eigenvalue weighted by Crippen LogP contribution is -2.10. The number of aromatic nitrogens is 2. The summed E-state index contributed by atoms with van der Waals surface area (Å²) in [6.45, 7) is 4.60. The quantitative estimate of drug-likeness (QED) is 0.161. The Bertz CT molecular complexity index is 3150. The SMILES string of the molecule is CC1C=CC(n2c(-c3ccc(-c4ccc5c(-c6ccc7ccccc7c6)c6ccccc6c(-c6ccc7ccccc7c6)c5c4)cc3)nc3c2C(C)CC=C3)=CC1. The van der Waals surface area contributed by atoms with Gasteiger partial charge in [-0.15, -0.1) is 0 Å². The van der Waals surface area contributed by atoms with E-state index in [0.29, 0.717) is 11.8 Å². The standard InChI is InChI=1S/C55H42N2/c1-35-18-29-46(30-19-35)57-54-36(2)10-9-17-51(54)56-55(57)40-24-20-39(21-25-40)43-28-31-49-50(34-43)53(45-27-23-38-12-4-6-14-42(38)33-45)48-16-8-7-15-47(48)52(49)44-26-22-37-11-3-5-13-41(37)32-44/h3-9,11-18,20-36H,10,19H2,1-2H3. The van der Waals surface area contributed by atoms with Crippen molar-refractivity contribution in [2.24, 2.45) is 5.92 Å². The Hall–Kier alpha value is -6.77. The van der Waals surface area contributed by atoms with Gasteiger partial charge in [-0.05, 0) is 126 Å². The number of hydrogen-bond acceptors (Lipinski definition) is 1. The first-order valence-electron chi connectivity index (χ1n) is 20.3. The maximum atomic E-state index is 5.26. The number of nitrogens with zero attached hydrogens (tertiary/aromatic N) is 2. The third kappa shape index (κ3) is 5.67. The van der Waals surface area contributed by atoms with Crippen LogP contribution < -0.4 is 0 Å². The van der Waals surface area contributed by atoms with E-state index in [0.717, 1.165) is 29.9 Å². The average molecular weight is 731 g/mol. The van der Waals surface area contributed by atoms with Crippen molar-refractivity contribution in [2.75, 3.05) is 0 Å². The van der Waals surface area contributed by atoms with Gasteiger partial charge in [-0.1, -0.05) is 166 Å². The molecule has 2 unspecified atom stereocenters. The van der Waals surface area contributed by atoms with E-state index in [2.05, 4.69) is 200 Å². The van der Waals surface area contributed by atoms with Gasteiger partial charge < -0.3 is 0 Å². The molecule has 2 atom stereocenters. The van der Waals surface area contributed by atoms with E-state index in [4.69, 9.17) is 4.98 Å². The van der Waals surface area contributed by atoms with Gasteiger partial charge in [0.25, 0.3) is 0 Å². The molecule has 272 valence electrons. The van der Waals surface area contributed by atoms with E-state index in [-0.39, 0.29) is 0 Å². The topological polar surface area (TPSA) is 17.8 Å². The van der Waals surface area contributed by atoms with Gasteiger partial charge in [0.2, 0.25) is 0 Å². The van der Waals surface area contributed by atoms with E-state index in [1.165, 1.54) is 87.9 Å². The van der Waals surface area contributed by atoms with Crippen LogP contribution in [0.15, 0.2) is 176 Å². The van der Waals surface area contributed by atoms with E-state index >= 15 is 0 Å². The Kier molecular flexibility index (Phi) is 7.93. The molecule has 0 amide bonds. The van der Waals surface area contributed by atoms with Crippen molar-refractivity contribution in [3.8, 4) is 44.8 Å². The molecule has 57 heavy (non-hydrogen) atoms. The van der Waals surface area contributed by atoms with Gasteiger partial charge in [0, 0.05) is 17.2 Å². The lowest BCUT2D eigenvalue weighted by Gasteiger charge is -2.22. The number of fused-ring (bicyclic) bond motifs is 5. The van der Waals surface area contributed by atoms with E-state index in [9.17, 15) is 0 Å². The fourth-order valence-electron chi connectivity index (χ4n) is 9.36. The van der Waals surface area contributed by atoms with Gasteiger partial charge in [0.15, 0.2) is 0 Å². The lowest BCUT2D eigenvalue weighted by molar-refractivity contribution is 0.710. The molecule has 0 N–H and O–H groups in total. The molecule has 2 aliphatic rings. The van der Waals surface area contributed by atoms with Gasteiger partial charge in [0.05, 0.1) is 11.4 Å². The zero-order valence-corrected chi connectivity index (χ0v) is 32.3. The number of hydrogen-bond donors (Lipinski definition) is 0. The summed E-state index contributed by atoms with van der Waals surface area (Å²) < 4.78 is 2.42. The summed E-state index contributed by atoms with van der Waals surface area (Å²) in [5.41, 5.74) is 12.2. The molecule has 0 fully saturated rings. The minimum Gasteiger partial charge on any atom is -0.296 e. The van der Waals surface area contributed by atoms with Crippen molar-refractivity contribution in [2.45, 2.75) is 32.6 Å². The second kappa shape index (κ2) is 13.5. The van der Waals surface area contributed by atoms with Crippen molar-refractivity contribution in [1.29, 1.82) is 0 Å². The summed E-state index contributed by atoms with van der Waals surface area (Å²) in [5, 5.41) is 10.0. The molecule has 0 radical (unpaired) electrons. The summed E-state index contributed by atoms with van der Waals surface area (Å²) in [7, 11) is 0. The molecule has 2 aliphatic carbocycles. The highest BCUT2D eigenvalue weighted by molar-refractivity contribution is 6.22. The largest absolute Gasteiger partial charge is 0.296 e. The first kappa shape index (κ1) is 33.6. The normalized spacial score (nSPS) is 16.4. The van der Waals surface area contributed by atoms with Crippen LogP contribution in [-0.4, -0.2) is 9.55 Å². The summed E-state index contributed by atoms with van der Waals surface area (Å²) in [4.78, 5) is 5.26. The summed E-state index contributed by atoms with van der Waals surface area (Å²) in [6, 6.07) is 56.3. The molecule has 1 aromatic heterocycles. The molecule has 0 saturated heterocycles. The maximum absolute atomic E-state index is 5.26. The van der Waals surface area contributed by atoms with E-state index in [1.807, 2.05) is 0 Å². The Morgan fingerprint density at radius 3 is 1.70 bits per heavy atom. The molecule has 1 heterocycles. The van der Waals surface area contributed by atoms with Crippen LogP contribution in [0.5, 0.6) is 0 Å². The van der Waals surface area contributed by atoms with Gasteiger partial charge in [-0.25, -0.2) is 4.98 Å². The van der Waals surface area contributed by atoms with Crippen molar-refractivity contribution < 1.29 is 0 Å². The van der Waals surface area contributed by atoms with Crippen LogP contribution >= 0.6 is 0 Å². The maximum Gasteiger partial charge on any atom is 0.145 e. The molecule has 0 bridgehead atoms. The summed E-state index contributed by atoms with van der Waals surface area (Å²) in [6.07, 6.45) is 13.6. The van der Waals surface area contributed by atoms with Gasteiger partial charge in [0.1, 0.15) is 5.82 Å². The number of benzene rings is 8. The zero-order chi connectivity index (χ0) is 38.0. The predicted octanol–water partition coefficient (Wildman–Crippen LogP) is 15.1. The van der Waals surface area contributed by atoms with E-state index < -0.39 is 0 Å². The third-order valence-corrected chi connectivity index (χ3v) is 12.3. The van der Waals surface area contributed by atoms with Gasteiger partial charge in [-0.2, -0.15) is 0 Å². The van der Waals surface area contributed by atoms with Crippen molar-refractivity contribution >= 4 is 54.9 Å². The molecule has 8 aromatic carbocycles. The molecular formula is C55H42N2. The van der Waals surface area contributed by atoms with Crippen LogP contribution in [0.25, 0.3) is 99.6 Å². The number of rotatable bonds is 5. The van der Waals surface area contributed by atoms with Gasteiger partial charge in [-0.3, -0.25) is 4.57 Å². The summed E-state index contributed by atoms with van der Waals surface area (Å²) in [5.74, 6) is 1.97. The monoisotopic (exact) mass is 730 g/mol. The average Bonchev–Trinajstić information content (AvgIpc) is 3.66. The molecular weight excluding hydrogens is 689 g/mol. The van der Waals surface area contributed by atoms with Crippen molar-refractivity contribution in [3.63, 3.8) is 0 Å². The Morgan fingerprint density at radius 1 is 0.491 bits per heavy atom. The molecule has 0 aliphatic heterocycles. The first-order valence-corrected chi connectivity index (χ1v) is 20.3. The van der Waals surface area contributed by atoms with E-state index in [1.54, 1.807) is 0 Å². The highest BCUT2D eigenvalue weighted by atomic mass is 15.1. The molecule has 2 nitrogen and oxygen atoms in total. The molecule has 2 heteroatoms. The highest BCUT2D eigenvalue weighted by Gasteiger charge is 2.26. The molecule has 0 spiro atoms. The van der Waals surface area contributed by atoms with Crippen molar-refractivity contribution in [3.05, 3.63) is 187 Å². The number of imidazole rings is 1. The minimum absolute atomic E-state index is 0.407. The van der Waals surface area contributed by atoms with Crippen molar-refractivity contribution in [1.82, 2.24) is 9.55 Å². The fraction of sp³-hybridized carbons (Fsp3) is 0.109. The molecule has 9 aromatic rings. The highest BCUT2D eigenvalue weighted by Crippen LogP contribution is 2.46. The Labute approximate surface area is 333 Å². The van der Waals surface area contributed by atoms with Gasteiger partial charge >= 0.3 is 0 Å². The Morgan fingerprint density at radius 2 is 1.05 bits per heavy atom. The molecule has 0 saturated carbocycles. The van der Waals surface area contributed by atoms with Crippen LogP contribution in [-0.2, 0) is 0 Å². The van der Waals surface area contributed by atoms with Crippen LogP contribution in [0.3, 0.4) is 0 Å². The van der Waals surface area contributed by atoms with Crippen LogP contribution in [0.4, 0.5) is 0 Å². The summed E-state index contributed by atoms with van der Waals surface area (Å²) >= 11 is 0. The smallest absolute Gasteiger partial charge is 0.145 e. The number of allylic oxidation sites excluding steroid dienone is 5. The van der Waals surface area contributed by atoms with Crippen LogP contribution in [0.1, 0.15) is 44.0 Å². The lowest BCUT2D eigenvalue weighted by atomic mass is 9.84. The second-order valence-electron chi connectivity index (χ2n) is 16.0.